The molecule has 30 heavy (non-hydrogen) atoms. The second-order valence-corrected chi connectivity index (χ2v) is 6.70. The maximum Gasteiger partial charge on any atom is 0.416 e. The van der Waals surface area contributed by atoms with Crippen LogP contribution in [-0.4, -0.2) is 22.4 Å². The van der Waals surface area contributed by atoms with Crippen molar-refractivity contribution in [3.63, 3.8) is 0 Å². The van der Waals surface area contributed by atoms with Gasteiger partial charge in [0.1, 0.15) is 18.2 Å². The molecular formula is C21H15F4N3O2. The maximum absolute atomic E-state index is 13.6. The van der Waals surface area contributed by atoms with Crippen LogP contribution < -0.4 is 10.1 Å². The highest BCUT2D eigenvalue weighted by Crippen LogP contribution is 2.31. The molecule has 0 unspecified atom stereocenters. The Labute approximate surface area is 168 Å². The zero-order valence-electron chi connectivity index (χ0n) is 15.5. The minimum Gasteiger partial charge on any atom is -0.489 e. The highest BCUT2D eigenvalue weighted by molar-refractivity contribution is 5.98. The summed E-state index contributed by atoms with van der Waals surface area (Å²) in [4.78, 5) is 20.6. The van der Waals surface area contributed by atoms with E-state index in [4.69, 9.17) is 4.74 Å². The van der Waals surface area contributed by atoms with Crippen molar-refractivity contribution in [1.82, 2.24) is 15.3 Å². The highest BCUT2D eigenvalue weighted by atomic mass is 19.4. The Morgan fingerprint density at radius 3 is 2.67 bits per heavy atom. The first-order valence-corrected chi connectivity index (χ1v) is 9.03. The number of carbonyl (C=O) groups excluding carboxylic acids is 1. The molecule has 3 heterocycles. The van der Waals surface area contributed by atoms with Crippen LogP contribution in [0.5, 0.6) is 5.75 Å². The number of pyridine rings is 2. The van der Waals surface area contributed by atoms with Crippen molar-refractivity contribution in [3.05, 3.63) is 76.9 Å². The minimum atomic E-state index is -4.65. The van der Waals surface area contributed by atoms with Gasteiger partial charge in [-0.15, -0.1) is 0 Å². The lowest BCUT2D eigenvalue weighted by atomic mass is 9.97. The Bertz CT molecular complexity index is 1120. The number of rotatable bonds is 4. The first-order valence-electron chi connectivity index (χ1n) is 9.03. The number of fused-ring (bicyclic) bond motifs is 1. The van der Waals surface area contributed by atoms with Gasteiger partial charge in [0.05, 0.1) is 17.0 Å². The van der Waals surface area contributed by atoms with Crippen LogP contribution in [0.1, 0.15) is 27.0 Å². The third-order valence-electron chi connectivity index (χ3n) is 4.63. The van der Waals surface area contributed by atoms with Gasteiger partial charge >= 0.3 is 6.18 Å². The summed E-state index contributed by atoms with van der Waals surface area (Å²) in [6.45, 7) is 0.231. The molecule has 0 radical (unpaired) electrons. The second-order valence-electron chi connectivity index (χ2n) is 6.70. The molecule has 1 aliphatic heterocycles. The van der Waals surface area contributed by atoms with Crippen molar-refractivity contribution >= 4 is 5.91 Å². The molecule has 0 aliphatic carbocycles. The molecule has 1 N–H and O–H groups in total. The van der Waals surface area contributed by atoms with Gasteiger partial charge in [-0.25, -0.2) is 4.39 Å². The lowest BCUT2D eigenvalue weighted by Crippen LogP contribution is -2.32. The van der Waals surface area contributed by atoms with Crippen LogP contribution in [0.3, 0.4) is 0 Å². The average molecular weight is 417 g/mol. The molecule has 0 saturated heterocycles. The van der Waals surface area contributed by atoms with Crippen molar-refractivity contribution < 1.29 is 27.1 Å². The van der Waals surface area contributed by atoms with Crippen molar-refractivity contribution in [3.8, 4) is 17.1 Å². The number of hydrogen-bond acceptors (Lipinski definition) is 4. The summed E-state index contributed by atoms with van der Waals surface area (Å²) in [5.74, 6) is -0.839. The summed E-state index contributed by atoms with van der Waals surface area (Å²) in [6.07, 6.45) is -1.06. The summed E-state index contributed by atoms with van der Waals surface area (Å²) < 4.78 is 57.7. The smallest absolute Gasteiger partial charge is 0.416 e. The normalized spacial score (nSPS) is 13.5. The summed E-state index contributed by atoms with van der Waals surface area (Å²) >= 11 is 0. The van der Waals surface area contributed by atoms with E-state index in [-0.39, 0.29) is 18.1 Å². The Kier molecular flexibility index (Phi) is 5.11. The summed E-state index contributed by atoms with van der Waals surface area (Å²) in [5, 5.41) is 2.76. The summed E-state index contributed by atoms with van der Waals surface area (Å²) in [7, 11) is 0. The molecule has 3 aromatic rings. The van der Waals surface area contributed by atoms with Crippen LogP contribution in [0.15, 0.2) is 48.8 Å². The third kappa shape index (κ3) is 4.10. The van der Waals surface area contributed by atoms with E-state index in [1.54, 1.807) is 12.1 Å². The number of alkyl halides is 3. The molecule has 4 rings (SSSR count). The molecule has 0 bridgehead atoms. The van der Waals surface area contributed by atoms with Crippen LogP contribution >= 0.6 is 0 Å². The van der Waals surface area contributed by atoms with Crippen LogP contribution in [0.25, 0.3) is 11.4 Å². The Morgan fingerprint density at radius 1 is 1.07 bits per heavy atom. The van der Waals surface area contributed by atoms with E-state index in [0.717, 1.165) is 17.7 Å². The fraction of sp³-hybridized carbons (Fsp3) is 0.190. The molecule has 1 aromatic carbocycles. The van der Waals surface area contributed by atoms with E-state index >= 15 is 0 Å². The fourth-order valence-corrected chi connectivity index (χ4v) is 3.27. The zero-order chi connectivity index (χ0) is 21.3. The molecule has 1 amide bonds. The predicted octanol–water partition coefficient (Wildman–Crippen LogP) is 4.17. The van der Waals surface area contributed by atoms with E-state index in [9.17, 15) is 22.4 Å². The van der Waals surface area contributed by atoms with Crippen LogP contribution in [-0.2, 0) is 19.2 Å². The average Bonchev–Trinajstić information content (AvgIpc) is 2.71. The van der Waals surface area contributed by atoms with Gasteiger partial charge in [-0.05, 0) is 47.9 Å². The number of amides is 1. The zero-order valence-corrected chi connectivity index (χ0v) is 15.5. The van der Waals surface area contributed by atoms with Gasteiger partial charge in [0.25, 0.3) is 5.91 Å². The molecule has 9 heteroatoms. The lowest BCUT2D eigenvalue weighted by molar-refractivity contribution is -0.137. The van der Waals surface area contributed by atoms with E-state index in [0.29, 0.717) is 41.7 Å². The number of benzene rings is 1. The van der Waals surface area contributed by atoms with Crippen LogP contribution in [0.4, 0.5) is 17.6 Å². The lowest BCUT2D eigenvalue weighted by Gasteiger charge is -2.18. The summed E-state index contributed by atoms with van der Waals surface area (Å²) in [6, 6.07) is 7.03. The molecule has 0 atom stereocenters. The fourth-order valence-electron chi connectivity index (χ4n) is 3.27. The number of nitrogens with zero attached hydrogens (tertiary/aromatic N) is 2. The van der Waals surface area contributed by atoms with E-state index < -0.39 is 17.6 Å². The van der Waals surface area contributed by atoms with Gasteiger partial charge in [-0.1, -0.05) is 0 Å². The predicted molar refractivity (Wildman–Crippen MR) is 99.2 cm³/mol. The molecule has 154 valence electrons. The van der Waals surface area contributed by atoms with Gasteiger partial charge in [0.2, 0.25) is 0 Å². The van der Waals surface area contributed by atoms with Crippen molar-refractivity contribution in [1.29, 1.82) is 0 Å². The standard InChI is InChI=1S/C21H15F4N3O2/c22-14-8-12(7-13(9-14)21(23,24)25)11-30-15-1-4-26-18(10-15)19-16-2-6-28-20(29)17(16)3-5-27-19/h1,3-5,7-10H,2,6,11H2,(H,28,29). The number of halogens is 4. The quantitative estimate of drug-likeness (QED) is 0.648. The largest absolute Gasteiger partial charge is 0.489 e. The highest BCUT2D eigenvalue weighted by Gasteiger charge is 2.31. The van der Waals surface area contributed by atoms with E-state index in [1.807, 2.05) is 0 Å². The molecule has 0 spiro atoms. The van der Waals surface area contributed by atoms with E-state index in [2.05, 4.69) is 15.3 Å². The first-order chi connectivity index (χ1) is 14.3. The number of hydrogen-bond donors (Lipinski definition) is 1. The first kappa shape index (κ1) is 19.8. The third-order valence-corrected chi connectivity index (χ3v) is 4.63. The molecule has 0 fully saturated rings. The molecular weight excluding hydrogens is 402 g/mol. The van der Waals surface area contributed by atoms with Crippen molar-refractivity contribution in [2.75, 3.05) is 6.54 Å². The molecule has 1 aliphatic rings. The maximum atomic E-state index is 13.6. The van der Waals surface area contributed by atoms with Crippen molar-refractivity contribution in [2.45, 2.75) is 19.2 Å². The monoisotopic (exact) mass is 417 g/mol. The molecule has 5 nitrogen and oxygen atoms in total. The Balaban J connectivity index is 1.58. The Morgan fingerprint density at radius 2 is 1.87 bits per heavy atom. The second kappa shape index (κ2) is 7.74. The summed E-state index contributed by atoms with van der Waals surface area (Å²) in [5.41, 5.74) is 1.28. The molecule has 2 aromatic heterocycles. The molecule has 0 saturated carbocycles. The number of carbonyl (C=O) groups is 1. The number of aromatic nitrogens is 2. The van der Waals surface area contributed by atoms with Crippen molar-refractivity contribution in [2.24, 2.45) is 0 Å². The van der Waals surface area contributed by atoms with Crippen LogP contribution in [0, 0.1) is 5.82 Å². The van der Waals surface area contributed by atoms with Gasteiger partial charge in [-0.3, -0.25) is 14.8 Å². The number of nitrogens with one attached hydrogen (secondary N) is 1. The van der Waals surface area contributed by atoms with Gasteiger partial charge < -0.3 is 10.1 Å². The minimum absolute atomic E-state index is 0.0487. The van der Waals surface area contributed by atoms with Gasteiger partial charge in [0.15, 0.2) is 0 Å². The van der Waals surface area contributed by atoms with E-state index in [1.165, 1.54) is 18.5 Å². The van der Waals surface area contributed by atoms with Gasteiger partial charge in [-0.2, -0.15) is 13.2 Å². The van der Waals surface area contributed by atoms with Crippen LogP contribution in [0.2, 0.25) is 0 Å². The SMILES string of the molecule is O=C1NCCc2c1ccnc2-c1cc(OCc2cc(F)cc(C(F)(F)F)c2)ccn1. The Hall–Kier alpha value is -3.49. The van der Waals surface area contributed by atoms with Gasteiger partial charge in [0, 0.05) is 30.6 Å². The topological polar surface area (TPSA) is 64.1 Å². The number of ether oxygens (including phenoxy) is 1.